The number of likely N-dealkylation sites (tertiary alicyclic amines) is 1. The Morgan fingerprint density at radius 1 is 1.42 bits per heavy atom. The first-order valence-electron chi connectivity index (χ1n) is 6.97. The van der Waals surface area contributed by atoms with Gasteiger partial charge in [0.1, 0.15) is 0 Å². The minimum absolute atomic E-state index is 0.0715. The van der Waals surface area contributed by atoms with Crippen molar-refractivity contribution in [3.63, 3.8) is 0 Å². The molecule has 1 saturated heterocycles. The van der Waals surface area contributed by atoms with Gasteiger partial charge in [-0.25, -0.2) is 0 Å². The Bertz CT molecular complexity index is 439. The first-order chi connectivity index (χ1) is 9.11. The van der Waals surface area contributed by atoms with Crippen LogP contribution in [0.15, 0.2) is 24.3 Å². The fourth-order valence-electron chi connectivity index (χ4n) is 2.66. The molecule has 1 aliphatic heterocycles. The molecule has 1 aromatic carbocycles. The van der Waals surface area contributed by atoms with Crippen LogP contribution in [0.2, 0.25) is 0 Å². The summed E-state index contributed by atoms with van der Waals surface area (Å²) in [6.45, 7) is 5.44. The molecule has 1 aromatic rings. The summed E-state index contributed by atoms with van der Waals surface area (Å²) in [6, 6.07) is 7.56. The van der Waals surface area contributed by atoms with Crippen molar-refractivity contribution in [2.45, 2.75) is 25.8 Å². The van der Waals surface area contributed by atoms with E-state index in [0.717, 1.165) is 32.5 Å². The van der Waals surface area contributed by atoms with Crippen molar-refractivity contribution in [1.82, 2.24) is 9.80 Å². The molecule has 4 nitrogen and oxygen atoms in total. The third-order valence-corrected chi connectivity index (χ3v) is 4.01. The summed E-state index contributed by atoms with van der Waals surface area (Å²) < 4.78 is 0. The van der Waals surface area contributed by atoms with E-state index in [1.165, 1.54) is 0 Å². The van der Waals surface area contributed by atoms with Gasteiger partial charge in [-0.05, 0) is 37.6 Å². The molecule has 0 atom stereocenters. The normalized spacial score (nSPS) is 17.4. The second kappa shape index (κ2) is 6.06. The molecule has 0 unspecified atom stereocenters. The Morgan fingerprint density at radius 3 is 2.68 bits per heavy atom. The number of carbonyl (C=O) groups is 1. The average Bonchev–Trinajstić information content (AvgIpc) is 2.46. The van der Waals surface area contributed by atoms with Crippen LogP contribution in [0.5, 0.6) is 0 Å². The van der Waals surface area contributed by atoms with E-state index in [4.69, 9.17) is 5.73 Å². The van der Waals surface area contributed by atoms with Gasteiger partial charge in [0, 0.05) is 37.4 Å². The largest absolute Gasteiger partial charge is 0.399 e. The summed E-state index contributed by atoms with van der Waals surface area (Å²) in [5.41, 5.74) is 7.05. The highest BCUT2D eigenvalue weighted by Gasteiger charge is 2.25. The lowest BCUT2D eigenvalue weighted by Crippen LogP contribution is -2.45. The molecule has 4 heteroatoms. The number of benzene rings is 1. The van der Waals surface area contributed by atoms with E-state index in [1.807, 2.05) is 24.1 Å². The van der Waals surface area contributed by atoms with Crippen LogP contribution >= 0.6 is 0 Å². The first-order valence-corrected chi connectivity index (χ1v) is 6.97. The quantitative estimate of drug-likeness (QED) is 0.844. The molecule has 104 valence electrons. The van der Waals surface area contributed by atoms with Crippen molar-refractivity contribution < 1.29 is 4.79 Å². The number of nitrogens with zero attached hydrogens (tertiary/aromatic N) is 2. The number of hydrogen-bond acceptors (Lipinski definition) is 3. The van der Waals surface area contributed by atoms with E-state index in [-0.39, 0.29) is 5.91 Å². The molecule has 0 bridgehead atoms. The molecule has 0 radical (unpaired) electrons. The van der Waals surface area contributed by atoms with Crippen molar-refractivity contribution in [1.29, 1.82) is 0 Å². The van der Waals surface area contributed by atoms with E-state index in [9.17, 15) is 4.79 Å². The molecule has 1 fully saturated rings. The lowest BCUT2D eigenvalue weighted by molar-refractivity contribution is 0.0647. The highest BCUT2D eigenvalue weighted by molar-refractivity contribution is 5.95. The van der Waals surface area contributed by atoms with Crippen molar-refractivity contribution >= 4 is 11.6 Å². The highest BCUT2D eigenvalue weighted by atomic mass is 16.2. The van der Waals surface area contributed by atoms with Gasteiger partial charge in [0.05, 0.1) is 0 Å². The molecule has 19 heavy (non-hydrogen) atoms. The minimum Gasteiger partial charge on any atom is -0.399 e. The molecule has 1 aliphatic rings. The molecular weight excluding hydrogens is 238 g/mol. The summed E-state index contributed by atoms with van der Waals surface area (Å²) in [7, 11) is 1.90. The number of amides is 1. The zero-order valence-electron chi connectivity index (χ0n) is 11.8. The molecular formula is C15H23N3O. The van der Waals surface area contributed by atoms with Crippen molar-refractivity contribution in [2.75, 3.05) is 32.4 Å². The number of anilines is 1. The molecule has 0 spiro atoms. The molecule has 2 rings (SSSR count). The number of nitrogens with two attached hydrogens (primary N) is 1. The number of carbonyl (C=O) groups excluding carboxylic acids is 1. The Kier molecular flexibility index (Phi) is 4.43. The van der Waals surface area contributed by atoms with Gasteiger partial charge in [0.2, 0.25) is 0 Å². The monoisotopic (exact) mass is 261 g/mol. The molecule has 2 N–H and O–H groups in total. The van der Waals surface area contributed by atoms with Crippen LogP contribution in [0, 0.1) is 0 Å². The smallest absolute Gasteiger partial charge is 0.253 e. The maximum atomic E-state index is 12.4. The standard InChI is InChI=1S/C15H23N3O/c1-3-18-9-7-14(8-10-18)17(2)15(19)12-5-4-6-13(16)11-12/h4-6,11,14H,3,7-10,16H2,1-2H3. The summed E-state index contributed by atoms with van der Waals surface area (Å²) in [4.78, 5) is 16.7. The lowest BCUT2D eigenvalue weighted by Gasteiger charge is -2.36. The van der Waals surface area contributed by atoms with E-state index < -0.39 is 0 Å². The van der Waals surface area contributed by atoms with Gasteiger partial charge in [-0.2, -0.15) is 0 Å². The zero-order chi connectivity index (χ0) is 13.8. The Balaban J connectivity index is 2.00. The molecule has 1 amide bonds. The first kappa shape index (κ1) is 13.9. The van der Waals surface area contributed by atoms with Gasteiger partial charge in [0.15, 0.2) is 0 Å². The van der Waals surface area contributed by atoms with Crippen LogP contribution in [0.4, 0.5) is 5.69 Å². The SMILES string of the molecule is CCN1CCC(N(C)C(=O)c2cccc(N)c2)CC1. The minimum atomic E-state index is 0.0715. The predicted octanol–water partition coefficient (Wildman–Crippen LogP) is 1.83. The fourth-order valence-corrected chi connectivity index (χ4v) is 2.66. The van der Waals surface area contributed by atoms with Crippen LogP contribution in [-0.4, -0.2) is 48.4 Å². The third kappa shape index (κ3) is 3.26. The van der Waals surface area contributed by atoms with Crippen LogP contribution in [0.3, 0.4) is 0 Å². The number of rotatable bonds is 3. The Labute approximate surface area is 115 Å². The fraction of sp³-hybridized carbons (Fsp3) is 0.533. The van der Waals surface area contributed by atoms with Crippen molar-refractivity contribution in [3.05, 3.63) is 29.8 Å². The molecule has 1 heterocycles. The van der Waals surface area contributed by atoms with E-state index in [2.05, 4.69) is 11.8 Å². The Hall–Kier alpha value is -1.55. The van der Waals surface area contributed by atoms with Gasteiger partial charge in [-0.1, -0.05) is 13.0 Å². The molecule has 0 saturated carbocycles. The summed E-state index contributed by atoms with van der Waals surface area (Å²) >= 11 is 0. The van der Waals surface area contributed by atoms with Gasteiger partial charge in [0.25, 0.3) is 5.91 Å². The lowest BCUT2D eigenvalue weighted by atomic mass is 10.0. The third-order valence-electron chi connectivity index (χ3n) is 4.01. The van der Waals surface area contributed by atoms with E-state index >= 15 is 0 Å². The van der Waals surface area contributed by atoms with Gasteiger partial charge >= 0.3 is 0 Å². The highest BCUT2D eigenvalue weighted by Crippen LogP contribution is 2.18. The summed E-state index contributed by atoms with van der Waals surface area (Å²) in [6.07, 6.45) is 2.11. The summed E-state index contributed by atoms with van der Waals surface area (Å²) in [5.74, 6) is 0.0715. The van der Waals surface area contributed by atoms with Crippen LogP contribution in [-0.2, 0) is 0 Å². The summed E-state index contributed by atoms with van der Waals surface area (Å²) in [5, 5.41) is 0. The van der Waals surface area contributed by atoms with Gasteiger partial charge in [-0.15, -0.1) is 0 Å². The second-order valence-corrected chi connectivity index (χ2v) is 5.21. The van der Waals surface area contributed by atoms with Crippen LogP contribution < -0.4 is 5.73 Å². The predicted molar refractivity (Wildman–Crippen MR) is 78.1 cm³/mol. The van der Waals surface area contributed by atoms with Crippen LogP contribution in [0.25, 0.3) is 0 Å². The Morgan fingerprint density at radius 2 is 2.11 bits per heavy atom. The van der Waals surface area contributed by atoms with Gasteiger partial charge < -0.3 is 15.5 Å². The molecule has 0 aromatic heterocycles. The maximum absolute atomic E-state index is 12.4. The average molecular weight is 261 g/mol. The van der Waals surface area contributed by atoms with Crippen molar-refractivity contribution in [2.24, 2.45) is 0 Å². The van der Waals surface area contributed by atoms with E-state index in [0.29, 0.717) is 17.3 Å². The number of nitrogen functional groups attached to an aromatic ring is 1. The zero-order valence-corrected chi connectivity index (χ0v) is 11.8. The van der Waals surface area contributed by atoms with Gasteiger partial charge in [-0.3, -0.25) is 4.79 Å². The molecule has 0 aliphatic carbocycles. The number of hydrogen-bond donors (Lipinski definition) is 1. The number of piperidine rings is 1. The second-order valence-electron chi connectivity index (χ2n) is 5.21. The van der Waals surface area contributed by atoms with Crippen molar-refractivity contribution in [3.8, 4) is 0 Å². The topological polar surface area (TPSA) is 49.6 Å². The maximum Gasteiger partial charge on any atom is 0.253 e. The van der Waals surface area contributed by atoms with E-state index in [1.54, 1.807) is 12.1 Å². The van der Waals surface area contributed by atoms with Crippen LogP contribution in [0.1, 0.15) is 30.1 Å².